The molecular formula is C15H21NO2. The molecule has 0 bridgehead atoms. The maximum atomic E-state index is 6.20. The van der Waals surface area contributed by atoms with Crippen LogP contribution >= 0.6 is 0 Å². The van der Waals surface area contributed by atoms with E-state index in [1.165, 1.54) is 22.3 Å². The first kappa shape index (κ1) is 11.8. The van der Waals surface area contributed by atoms with Crippen LogP contribution in [0, 0.1) is 6.92 Å². The highest BCUT2D eigenvalue weighted by Crippen LogP contribution is 2.44. The molecule has 1 aromatic rings. The summed E-state index contributed by atoms with van der Waals surface area (Å²) in [5.74, 6) is 2.19. The SMILES string of the molecule is Cc1c2c(c(CC(C)(C)N)c3c1OCC3)OCC2. The molecule has 3 rings (SSSR count). The molecule has 3 nitrogen and oxygen atoms in total. The molecule has 0 spiro atoms. The Labute approximate surface area is 108 Å². The third-order valence-electron chi connectivity index (χ3n) is 3.81. The van der Waals surface area contributed by atoms with Crippen LogP contribution in [-0.2, 0) is 19.3 Å². The number of nitrogens with two attached hydrogens (primary N) is 1. The van der Waals surface area contributed by atoms with Gasteiger partial charge in [0.25, 0.3) is 0 Å². The molecule has 98 valence electrons. The molecule has 3 heteroatoms. The van der Waals surface area contributed by atoms with Crippen molar-refractivity contribution in [1.82, 2.24) is 0 Å². The fourth-order valence-electron chi connectivity index (χ4n) is 3.08. The van der Waals surface area contributed by atoms with Crippen LogP contribution in [0.5, 0.6) is 11.5 Å². The predicted molar refractivity (Wildman–Crippen MR) is 71.5 cm³/mol. The average molecular weight is 247 g/mol. The molecule has 0 saturated carbocycles. The van der Waals surface area contributed by atoms with E-state index < -0.39 is 0 Å². The maximum Gasteiger partial charge on any atom is 0.126 e. The van der Waals surface area contributed by atoms with Gasteiger partial charge in [0.2, 0.25) is 0 Å². The minimum Gasteiger partial charge on any atom is -0.493 e. The van der Waals surface area contributed by atoms with Gasteiger partial charge in [0.1, 0.15) is 11.5 Å². The minimum absolute atomic E-state index is 0.217. The standard InChI is InChI=1S/C15H21NO2/c1-9-10-4-6-18-14(10)12(8-15(2,3)16)11-5-7-17-13(9)11/h4-8,16H2,1-3H3. The second-order valence-corrected chi connectivity index (χ2v) is 6.08. The smallest absolute Gasteiger partial charge is 0.126 e. The zero-order valence-corrected chi connectivity index (χ0v) is 11.4. The van der Waals surface area contributed by atoms with Gasteiger partial charge >= 0.3 is 0 Å². The van der Waals surface area contributed by atoms with Crippen molar-refractivity contribution in [3.8, 4) is 11.5 Å². The third-order valence-corrected chi connectivity index (χ3v) is 3.81. The van der Waals surface area contributed by atoms with E-state index in [9.17, 15) is 0 Å². The number of hydrogen-bond acceptors (Lipinski definition) is 3. The Balaban J connectivity index is 2.18. The molecule has 0 unspecified atom stereocenters. The normalized spacial score (nSPS) is 17.1. The second kappa shape index (κ2) is 3.89. The van der Waals surface area contributed by atoms with Gasteiger partial charge in [-0.2, -0.15) is 0 Å². The molecule has 0 fully saturated rings. The Hall–Kier alpha value is -1.22. The van der Waals surface area contributed by atoms with Crippen LogP contribution in [0.4, 0.5) is 0 Å². The van der Waals surface area contributed by atoms with E-state index in [4.69, 9.17) is 15.2 Å². The van der Waals surface area contributed by atoms with E-state index in [0.29, 0.717) is 0 Å². The first-order valence-electron chi connectivity index (χ1n) is 6.69. The molecule has 0 aliphatic carbocycles. The quantitative estimate of drug-likeness (QED) is 0.871. The lowest BCUT2D eigenvalue weighted by atomic mass is 9.87. The van der Waals surface area contributed by atoms with Crippen molar-refractivity contribution < 1.29 is 9.47 Å². The maximum absolute atomic E-state index is 6.20. The van der Waals surface area contributed by atoms with Gasteiger partial charge in [-0.05, 0) is 32.8 Å². The van der Waals surface area contributed by atoms with E-state index in [2.05, 4.69) is 20.8 Å². The summed E-state index contributed by atoms with van der Waals surface area (Å²) in [6, 6.07) is 0. The number of hydrogen-bond donors (Lipinski definition) is 1. The Morgan fingerprint density at radius 2 is 1.67 bits per heavy atom. The Bertz CT molecular complexity index is 465. The average Bonchev–Trinajstić information content (AvgIpc) is 2.91. The largest absolute Gasteiger partial charge is 0.493 e. The summed E-state index contributed by atoms with van der Waals surface area (Å²) in [4.78, 5) is 0. The zero-order valence-electron chi connectivity index (χ0n) is 11.4. The van der Waals surface area contributed by atoms with Crippen molar-refractivity contribution in [2.45, 2.75) is 45.6 Å². The van der Waals surface area contributed by atoms with Gasteiger partial charge in [-0.25, -0.2) is 0 Å². The number of ether oxygens (including phenoxy) is 2. The number of benzene rings is 1. The fraction of sp³-hybridized carbons (Fsp3) is 0.600. The van der Waals surface area contributed by atoms with Crippen LogP contribution in [0.2, 0.25) is 0 Å². The van der Waals surface area contributed by atoms with Crippen molar-refractivity contribution in [2.24, 2.45) is 5.73 Å². The van der Waals surface area contributed by atoms with Crippen LogP contribution in [0.1, 0.15) is 36.1 Å². The van der Waals surface area contributed by atoms with Gasteiger partial charge in [-0.1, -0.05) is 0 Å². The summed E-state index contributed by atoms with van der Waals surface area (Å²) in [6.07, 6.45) is 2.83. The summed E-state index contributed by atoms with van der Waals surface area (Å²) < 4.78 is 11.7. The molecule has 18 heavy (non-hydrogen) atoms. The minimum atomic E-state index is -0.217. The van der Waals surface area contributed by atoms with E-state index in [1.807, 2.05) is 0 Å². The molecule has 2 aliphatic heterocycles. The first-order chi connectivity index (χ1) is 8.47. The zero-order chi connectivity index (χ0) is 12.9. The van der Waals surface area contributed by atoms with Crippen LogP contribution in [0.3, 0.4) is 0 Å². The third kappa shape index (κ3) is 1.77. The van der Waals surface area contributed by atoms with E-state index >= 15 is 0 Å². The van der Waals surface area contributed by atoms with Gasteiger partial charge in [0.15, 0.2) is 0 Å². The predicted octanol–water partition coefficient (Wildman–Crippen LogP) is 2.14. The fourth-order valence-corrected chi connectivity index (χ4v) is 3.08. The topological polar surface area (TPSA) is 44.5 Å². The number of rotatable bonds is 2. The molecule has 2 aliphatic rings. The van der Waals surface area contributed by atoms with E-state index in [0.717, 1.165) is 44.0 Å². The summed E-state index contributed by atoms with van der Waals surface area (Å²) >= 11 is 0. The van der Waals surface area contributed by atoms with Crippen molar-refractivity contribution in [2.75, 3.05) is 13.2 Å². The van der Waals surface area contributed by atoms with Gasteiger partial charge in [-0.15, -0.1) is 0 Å². The second-order valence-electron chi connectivity index (χ2n) is 6.08. The van der Waals surface area contributed by atoms with Crippen LogP contribution in [0.15, 0.2) is 0 Å². The van der Waals surface area contributed by atoms with Crippen molar-refractivity contribution in [3.63, 3.8) is 0 Å². The van der Waals surface area contributed by atoms with Crippen LogP contribution < -0.4 is 15.2 Å². The van der Waals surface area contributed by atoms with Crippen LogP contribution in [-0.4, -0.2) is 18.8 Å². The van der Waals surface area contributed by atoms with Crippen molar-refractivity contribution >= 4 is 0 Å². The van der Waals surface area contributed by atoms with Crippen molar-refractivity contribution in [3.05, 3.63) is 22.3 Å². The highest BCUT2D eigenvalue weighted by Gasteiger charge is 2.31. The Morgan fingerprint density at radius 1 is 1.06 bits per heavy atom. The number of fused-ring (bicyclic) bond motifs is 2. The summed E-state index contributed by atoms with van der Waals surface area (Å²) in [5, 5.41) is 0. The van der Waals surface area contributed by atoms with Gasteiger partial charge in [0, 0.05) is 35.1 Å². The molecule has 0 atom stereocenters. The first-order valence-corrected chi connectivity index (χ1v) is 6.69. The molecule has 2 N–H and O–H groups in total. The lowest BCUT2D eigenvalue weighted by Gasteiger charge is -2.23. The van der Waals surface area contributed by atoms with Crippen LogP contribution in [0.25, 0.3) is 0 Å². The van der Waals surface area contributed by atoms with E-state index in [1.54, 1.807) is 0 Å². The summed E-state index contributed by atoms with van der Waals surface area (Å²) in [6.45, 7) is 7.86. The highest BCUT2D eigenvalue weighted by atomic mass is 16.5. The monoisotopic (exact) mass is 247 g/mol. The summed E-state index contributed by atoms with van der Waals surface area (Å²) in [5.41, 5.74) is 11.2. The lowest BCUT2D eigenvalue weighted by Crippen LogP contribution is -2.35. The highest BCUT2D eigenvalue weighted by molar-refractivity contribution is 5.61. The van der Waals surface area contributed by atoms with Gasteiger partial charge in [-0.3, -0.25) is 0 Å². The molecular weight excluding hydrogens is 226 g/mol. The molecule has 1 aromatic carbocycles. The molecule has 2 heterocycles. The van der Waals surface area contributed by atoms with Gasteiger partial charge < -0.3 is 15.2 Å². The van der Waals surface area contributed by atoms with E-state index in [-0.39, 0.29) is 5.54 Å². The Kier molecular flexibility index (Phi) is 2.56. The lowest BCUT2D eigenvalue weighted by molar-refractivity contribution is 0.349. The molecule has 0 amide bonds. The molecule has 0 radical (unpaired) electrons. The summed E-state index contributed by atoms with van der Waals surface area (Å²) in [7, 11) is 0. The van der Waals surface area contributed by atoms with Gasteiger partial charge in [0.05, 0.1) is 13.2 Å². The molecule has 0 aromatic heterocycles. The van der Waals surface area contributed by atoms with Crippen molar-refractivity contribution in [1.29, 1.82) is 0 Å². The Morgan fingerprint density at radius 3 is 2.33 bits per heavy atom. The molecule has 0 saturated heterocycles.